The Morgan fingerprint density at radius 2 is 1.38 bits per heavy atom. The lowest BCUT2D eigenvalue weighted by Gasteiger charge is -2.20. The van der Waals surface area contributed by atoms with Crippen LogP contribution in [-0.4, -0.2) is 19.1 Å². The molecule has 0 bridgehead atoms. The van der Waals surface area contributed by atoms with E-state index in [-0.39, 0.29) is 0 Å². The molecule has 0 aromatic heterocycles. The van der Waals surface area contributed by atoms with Gasteiger partial charge >= 0.3 is 0 Å². The van der Waals surface area contributed by atoms with Crippen LogP contribution in [-0.2, 0) is 0 Å². The van der Waals surface area contributed by atoms with Crippen molar-refractivity contribution >= 4 is 0 Å². The van der Waals surface area contributed by atoms with Gasteiger partial charge < -0.3 is 16.7 Å². The third-order valence-electron chi connectivity index (χ3n) is 4.97. The van der Waals surface area contributed by atoms with Crippen molar-refractivity contribution in [2.24, 2.45) is 0 Å². The van der Waals surface area contributed by atoms with E-state index in [1.165, 1.54) is 96.6 Å². The molecular formula is C19H38N2. The number of likely N-dealkylation sites (tertiary alicyclic amines) is 1. The van der Waals surface area contributed by atoms with Gasteiger partial charge in [-0.3, -0.25) is 0 Å². The highest BCUT2D eigenvalue weighted by Crippen LogP contribution is 2.10. The molecule has 1 fully saturated rings. The van der Waals surface area contributed by atoms with Gasteiger partial charge in [-0.25, -0.2) is 0 Å². The summed E-state index contributed by atoms with van der Waals surface area (Å²) in [5.74, 6) is 0. The normalized spacial score (nSPS) is 21.0. The van der Waals surface area contributed by atoms with Crippen molar-refractivity contribution in [1.82, 2.24) is 0 Å². The molecule has 1 aliphatic heterocycles. The van der Waals surface area contributed by atoms with E-state index in [0.29, 0.717) is 0 Å². The molecule has 0 spiro atoms. The second-order valence-electron chi connectivity index (χ2n) is 6.59. The first-order chi connectivity index (χ1) is 10.4. The Morgan fingerprint density at radius 1 is 0.857 bits per heavy atom. The second kappa shape index (κ2) is 15.8. The van der Waals surface area contributed by atoms with Crippen molar-refractivity contribution in [3.8, 4) is 0 Å². The number of hydrogen-bond donors (Lipinski definition) is 1. The minimum Gasteiger partial charge on any atom is -0.512 e. The summed E-state index contributed by atoms with van der Waals surface area (Å²) in [6.45, 7) is 12.3. The van der Waals surface area contributed by atoms with Gasteiger partial charge in [0, 0.05) is 12.8 Å². The van der Waals surface area contributed by atoms with E-state index in [0.717, 1.165) is 6.04 Å². The Hall–Kier alpha value is -0.550. The van der Waals surface area contributed by atoms with E-state index in [4.69, 9.17) is 11.8 Å². The molecule has 124 valence electrons. The lowest BCUT2D eigenvalue weighted by atomic mass is 10.1. The van der Waals surface area contributed by atoms with Crippen LogP contribution in [0.15, 0.2) is 0 Å². The van der Waals surface area contributed by atoms with Crippen LogP contribution in [0.2, 0.25) is 0 Å². The van der Waals surface area contributed by atoms with E-state index in [1.807, 2.05) is 4.90 Å². The van der Waals surface area contributed by atoms with Crippen LogP contribution in [0.25, 0.3) is 0 Å². The van der Waals surface area contributed by atoms with Crippen LogP contribution in [0.4, 0.5) is 0 Å². The van der Waals surface area contributed by atoms with Gasteiger partial charge in [-0.05, 0) is 19.3 Å². The molecule has 0 saturated carbocycles. The molecule has 2 heteroatoms. The lowest BCUT2D eigenvalue weighted by molar-refractivity contribution is -0.912. The lowest BCUT2D eigenvalue weighted by Crippen LogP contribution is -3.13. The molecule has 21 heavy (non-hydrogen) atoms. The van der Waals surface area contributed by atoms with Gasteiger partial charge in [0.05, 0.1) is 19.1 Å². The predicted molar refractivity (Wildman–Crippen MR) is 90.8 cm³/mol. The molecule has 0 aromatic rings. The molecule has 0 aliphatic carbocycles. The third-order valence-corrected chi connectivity index (χ3v) is 4.97. The fourth-order valence-corrected chi connectivity index (χ4v) is 3.65. The average molecular weight is 295 g/mol. The highest BCUT2D eigenvalue weighted by Gasteiger charge is 2.25. The predicted octanol–water partition coefficient (Wildman–Crippen LogP) is 4.46. The highest BCUT2D eigenvalue weighted by atomic mass is 15.2. The monoisotopic (exact) mass is 294 g/mol. The molecule has 1 N–H and O–H groups in total. The van der Waals surface area contributed by atoms with E-state index >= 15 is 0 Å². The van der Waals surface area contributed by atoms with E-state index < -0.39 is 0 Å². The van der Waals surface area contributed by atoms with E-state index in [9.17, 15) is 0 Å². The van der Waals surface area contributed by atoms with Gasteiger partial charge in [0.2, 0.25) is 0 Å². The minimum absolute atomic E-state index is 0.999. The van der Waals surface area contributed by atoms with Gasteiger partial charge in [-0.1, -0.05) is 65.2 Å². The van der Waals surface area contributed by atoms with Crippen molar-refractivity contribution < 1.29 is 4.90 Å². The molecule has 0 amide bonds. The largest absolute Gasteiger partial charge is 0.512 e. The first-order valence-electron chi connectivity index (χ1n) is 9.45. The molecule has 2 nitrogen and oxygen atoms in total. The number of nitrogens with zero attached hydrogens (tertiary/aromatic N) is 1. The Bertz CT molecular complexity index is 225. The topological polar surface area (TPSA) is 28.2 Å². The van der Waals surface area contributed by atoms with Crippen molar-refractivity contribution in [2.45, 2.75) is 103 Å². The first kappa shape index (κ1) is 20.5. The Kier molecular flexibility index (Phi) is 15.4. The quantitative estimate of drug-likeness (QED) is 0.418. The Balaban J connectivity index is 0.00000191. The summed E-state index contributed by atoms with van der Waals surface area (Å²) in [5.41, 5.74) is 0. The SMILES string of the molecule is CCCCCCCCCCCC[NH+]1CCCC1CC.[C-]#N. The van der Waals surface area contributed by atoms with Crippen LogP contribution in [0.3, 0.4) is 0 Å². The number of rotatable bonds is 12. The molecule has 1 heterocycles. The molecule has 2 unspecified atom stereocenters. The fraction of sp³-hybridized carbons (Fsp3) is 0.947. The number of quaternary nitrogens is 1. The molecule has 0 radical (unpaired) electrons. The van der Waals surface area contributed by atoms with Gasteiger partial charge in [0.1, 0.15) is 0 Å². The number of hydrogen-bond acceptors (Lipinski definition) is 1. The zero-order valence-corrected chi connectivity index (χ0v) is 14.6. The van der Waals surface area contributed by atoms with Gasteiger partial charge in [0.15, 0.2) is 0 Å². The summed E-state index contributed by atoms with van der Waals surface area (Å²) >= 11 is 0. The summed E-state index contributed by atoms with van der Waals surface area (Å²) in [6.07, 6.45) is 19.0. The van der Waals surface area contributed by atoms with Gasteiger partial charge in [-0.15, -0.1) is 0 Å². The zero-order valence-electron chi connectivity index (χ0n) is 14.6. The third kappa shape index (κ3) is 10.8. The summed E-state index contributed by atoms with van der Waals surface area (Å²) in [4.78, 5) is 1.92. The number of nitrogens with one attached hydrogen (secondary N) is 1. The van der Waals surface area contributed by atoms with Crippen molar-refractivity contribution in [3.63, 3.8) is 0 Å². The highest BCUT2D eigenvalue weighted by molar-refractivity contribution is 4.60. The summed E-state index contributed by atoms with van der Waals surface area (Å²) in [6, 6.07) is 0.999. The Morgan fingerprint density at radius 3 is 1.90 bits per heavy atom. The van der Waals surface area contributed by atoms with Gasteiger partial charge in [0.25, 0.3) is 0 Å². The Labute approximate surface area is 133 Å². The fourth-order valence-electron chi connectivity index (χ4n) is 3.65. The van der Waals surface area contributed by atoms with Crippen LogP contribution in [0.5, 0.6) is 0 Å². The first-order valence-corrected chi connectivity index (χ1v) is 9.45. The second-order valence-corrected chi connectivity index (χ2v) is 6.59. The molecule has 0 aromatic carbocycles. The minimum atomic E-state index is 0.999. The summed E-state index contributed by atoms with van der Waals surface area (Å²) in [7, 11) is 0. The molecule has 1 saturated heterocycles. The standard InChI is InChI=1S/C18H37N.CN/c1-3-5-6-7-8-9-10-11-12-13-16-19-17-14-15-18(19)4-2;1-2/h18H,3-17H2,1-2H3;/q;-1/p+1. The van der Waals surface area contributed by atoms with Crippen molar-refractivity contribution in [1.29, 1.82) is 5.26 Å². The average Bonchev–Trinajstić information content (AvgIpc) is 2.98. The molecule has 1 rings (SSSR count). The zero-order chi connectivity index (χ0) is 15.8. The summed E-state index contributed by atoms with van der Waals surface area (Å²) in [5, 5.41) is 6.25. The van der Waals surface area contributed by atoms with E-state index in [1.54, 1.807) is 0 Å². The van der Waals surface area contributed by atoms with Crippen molar-refractivity contribution in [2.75, 3.05) is 13.1 Å². The molecular weight excluding hydrogens is 256 g/mol. The molecule has 2 atom stereocenters. The van der Waals surface area contributed by atoms with Crippen molar-refractivity contribution in [3.05, 3.63) is 6.57 Å². The van der Waals surface area contributed by atoms with Gasteiger partial charge in [-0.2, -0.15) is 0 Å². The van der Waals surface area contributed by atoms with Crippen LogP contribution in [0, 0.1) is 11.8 Å². The maximum absolute atomic E-state index is 6.25. The van der Waals surface area contributed by atoms with E-state index in [2.05, 4.69) is 13.8 Å². The van der Waals surface area contributed by atoms with Crippen LogP contribution in [0.1, 0.15) is 97.3 Å². The summed E-state index contributed by atoms with van der Waals surface area (Å²) < 4.78 is 0. The maximum Gasteiger partial charge on any atom is 0.0874 e. The molecule has 1 aliphatic rings. The number of unbranched alkanes of at least 4 members (excludes halogenated alkanes) is 9. The van der Waals surface area contributed by atoms with Crippen LogP contribution < -0.4 is 4.90 Å². The van der Waals surface area contributed by atoms with Crippen LogP contribution >= 0.6 is 0 Å². The maximum atomic E-state index is 6.25. The smallest absolute Gasteiger partial charge is 0.0874 e.